The number of hydrogen-bond donors (Lipinski definition) is 2. The predicted octanol–water partition coefficient (Wildman–Crippen LogP) is 7.52. The van der Waals surface area contributed by atoms with Gasteiger partial charge in [0.15, 0.2) is 6.79 Å². The van der Waals surface area contributed by atoms with E-state index in [1.54, 1.807) is 27.7 Å². The number of fused-ring (bicyclic) bond motifs is 10. The first-order valence-corrected chi connectivity index (χ1v) is 28.4. The van der Waals surface area contributed by atoms with Gasteiger partial charge < -0.3 is 38.6 Å². The maximum absolute atomic E-state index is 15.1. The standard InChI is InChI=1S/C58H82O15/c1-24-28-16-31(37(59)21-39(60)73-56(3,4)5)32(17-28)40(24)42-34-20-36(48(49(34)53(65)70-23-68-9)52(64)69-22-29-15-26-10-11-27(29)14-26)45(42)44-33-19-35(43(44)41-25(2)51(63)72-54(41)66)47(46(33)50(61)62)55(67)71-38-18-30-12-13-58(38,8)57(30,6)7/h24-38,40-49,59H,10-23H2,1-9H3,(H,61,62). The van der Waals surface area contributed by atoms with Crippen LogP contribution in [0.5, 0.6) is 0 Å². The van der Waals surface area contributed by atoms with Crippen LogP contribution >= 0.6 is 0 Å². The molecule has 0 radical (unpaired) electrons. The van der Waals surface area contributed by atoms with Crippen molar-refractivity contribution in [3.8, 4) is 0 Å². The molecule has 2 N–H and O–H groups in total. The molecule has 0 spiro atoms. The van der Waals surface area contributed by atoms with Gasteiger partial charge in [0.25, 0.3) is 0 Å². The highest BCUT2D eigenvalue weighted by Crippen LogP contribution is 2.75. The van der Waals surface area contributed by atoms with E-state index in [0.29, 0.717) is 43.4 Å². The van der Waals surface area contributed by atoms with Crippen molar-refractivity contribution in [2.24, 2.45) is 147 Å². The quantitative estimate of drug-likeness (QED) is 0.0702. The molecule has 0 amide bonds. The summed E-state index contributed by atoms with van der Waals surface area (Å²) < 4.78 is 35.2. The van der Waals surface area contributed by atoms with Crippen molar-refractivity contribution in [2.75, 3.05) is 20.5 Å². The van der Waals surface area contributed by atoms with E-state index in [1.165, 1.54) is 13.5 Å². The lowest BCUT2D eigenvalue weighted by atomic mass is 9.50. The van der Waals surface area contributed by atoms with Crippen LogP contribution in [0.25, 0.3) is 0 Å². The van der Waals surface area contributed by atoms with Gasteiger partial charge in [0.05, 0.1) is 54.6 Å². The van der Waals surface area contributed by atoms with E-state index in [0.717, 1.165) is 38.5 Å². The summed E-state index contributed by atoms with van der Waals surface area (Å²) in [5, 5.41) is 23.5. The Bertz CT molecular complexity index is 2270. The molecule has 0 aromatic heterocycles. The largest absolute Gasteiger partial charge is 0.481 e. The monoisotopic (exact) mass is 1020 g/mol. The number of esters is 6. The van der Waals surface area contributed by atoms with E-state index in [1.807, 2.05) is 0 Å². The van der Waals surface area contributed by atoms with Crippen LogP contribution in [0.3, 0.4) is 0 Å². The van der Waals surface area contributed by atoms with Gasteiger partial charge in [0, 0.05) is 12.5 Å². The molecule has 404 valence electrons. The van der Waals surface area contributed by atoms with Gasteiger partial charge >= 0.3 is 41.8 Å². The number of aliphatic hydroxyl groups is 1. The lowest BCUT2D eigenvalue weighted by Crippen LogP contribution is -2.56. The summed E-state index contributed by atoms with van der Waals surface area (Å²) in [5.74, 6) is -13.0. The third kappa shape index (κ3) is 7.98. The van der Waals surface area contributed by atoms with Crippen LogP contribution in [0.15, 0.2) is 0 Å². The first-order chi connectivity index (χ1) is 34.4. The highest BCUT2D eigenvalue weighted by atomic mass is 16.7. The summed E-state index contributed by atoms with van der Waals surface area (Å²) in [6.07, 6.45) is 7.80. The minimum Gasteiger partial charge on any atom is -0.481 e. The number of aliphatic carboxylic acids is 1. The Kier molecular flexibility index (Phi) is 12.9. The van der Waals surface area contributed by atoms with Crippen molar-refractivity contribution in [1.29, 1.82) is 0 Å². The van der Waals surface area contributed by atoms with Crippen LogP contribution in [0.2, 0.25) is 0 Å². The maximum atomic E-state index is 15.1. The summed E-state index contributed by atoms with van der Waals surface area (Å²) in [4.78, 5) is 100. The highest BCUT2D eigenvalue weighted by Gasteiger charge is 2.76. The van der Waals surface area contributed by atoms with Crippen LogP contribution < -0.4 is 0 Å². The Morgan fingerprint density at radius 2 is 1.34 bits per heavy atom. The molecule has 1 saturated heterocycles. The van der Waals surface area contributed by atoms with E-state index in [-0.39, 0.29) is 78.2 Å². The van der Waals surface area contributed by atoms with Gasteiger partial charge in [-0.25, -0.2) is 0 Å². The molecule has 15 heteroatoms. The Balaban J connectivity index is 0.997. The van der Waals surface area contributed by atoms with Gasteiger partial charge in [-0.1, -0.05) is 41.0 Å². The van der Waals surface area contributed by atoms with E-state index >= 15 is 9.59 Å². The van der Waals surface area contributed by atoms with E-state index in [2.05, 4.69) is 27.7 Å². The van der Waals surface area contributed by atoms with Gasteiger partial charge in [-0.05, 0) is 191 Å². The van der Waals surface area contributed by atoms with E-state index in [9.17, 15) is 34.2 Å². The van der Waals surface area contributed by atoms with Gasteiger partial charge in [0.1, 0.15) is 11.7 Å². The minimum atomic E-state index is -1.16. The molecule has 26 atom stereocenters. The molecule has 10 saturated carbocycles. The van der Waals surface area contributed by atoms with Crippen LogP contribution in [0.4, 0.5) is 0 Å². The van der Waals surface area contributed by atoms with E-state index < -0.39 is 130 Å². The lowest BCUT2D eigenvalue weighted by molar-refractivity contribution is -0.182. The third-order valence-electron chi connectivity index (χ3n) is 23.8. The number of carboxylic acid groups (broad SMARTS) is 1. The van der Waals surface area contributed by atoms with Gasteiger partial charge in [0.2, 0.25) is 0 Å². The molecule has 0 aromatic carbocycles. The van der Waals surface area contributed by atoms with Crippen molar-refractivity contribution in [3.05, 3.63) is 0 Å². The normalized spacial score (nSPS) is 48.6. The number of methoxy groups -OCH3 is 1. The summed E-state index contributed by atoms with van der Waals surface area (Å²) in [6, 6.07) is 0. The number of ether oxygens (including phenoxy) is 6. The first-order valence-electron chi connectivity index (χ1n) is 28.4. The van der Waals surface area contributed by atoms with Crippen LogP contribution in [-0.4, -0.2) is 90.3 Å². The molecular formula is C58H82O15. The molecule has 1 aliphatic heterocycles. The molecule has 10 bridgehead atoms. The number of carbonyl (C=O) groups excluding carboxylic acids is 6. The zero-order valence-corrected chi connectivity index (χ0v) is 44.5. The lowest BCUT2D eigenvalue weighted by Gasteiger charge is -2.53. The molecular weight excluding hydrogens is 937 g/mol. The van der Waals surface area contributed by atoms with Crippen molar-refractivity contribution in [2.45, 2.75) is 150 Å². The summed E-state index contributed by atoms with van der Waals surface area (Å²) >= 11 is 0. The van der Waals surface area contributed by atoms with Crippen LogP contribution in [0.1, 0.15) is 132 Å². The first kappa shape index (κ1) is 51.5. The van der Waals surface area contributed by atoms with E-state index in [4.69, 9.17) is 28.4 Å². The Labute approximate surface area is 430 Å². The Hall–Kier alpha value is -3.59. The molecule has 10 aliphatic carbocycles. The van der Waals surface area contributed by atoms with Gasteiger partial charge in [-0.3, -0.25) is 33.6 Å². The highest BCUT2D eigenvalue weighted by molar-refractivity contribution is 5.96. The second-order valence-corrected chi connectivity index (χ2v) is 27.8. The number of rotatable bonds is 15. The number of carboxylic acids is 1. The number of aliphatic hydroxyl groups excluding tert-OH is 1. The Morgan fingerprint density at radius 1 is 0.712 bits per heavy atom. The second-order valence-electron chi connectivity index (χ2n) is 27.8. The smallest absolute Gasteiger partial charge is 0.317 e. The number of carbonyl (C=O) groups is 7. The van der Waals surface area contributed by atoms with Crippen molar-refractivity contribution in [3.63, 3.8) is 0 Å². The van der Waals surface area contributed by atoms with Crippen molar-refractivity contribution < 1.29 is 72.2 Å². The van der Waals surface area contributed by atoms with Crippen LogP contribution in [0, 0.1) is 147 Å². The van der Waals surface area contributed by atoms with Crippen LogP contribution in [-0.2, 0) is 62.0 Å². The molecule has 11 aliphatic rings. The third-order valence-corrected chi connectivity index (χ3v) is 23.8. The fraction of sp³-hybridized carbons (Fsp3) is 0.879. The molecule has 11 rings (SSSR count). The maximum Gasteiger partial charge on any atom is 0.317 e. The SMILES string of the molecule is COCOC(=O)C1C2CC(C1C(=O)OCC1CC3CCC1C3)C(C1C3CC(C(C(=O)OC4CC5CCC4(C)C5(C)C)C3C(=O)O)C1C1C(=O)OC(=O)C1C)C2C1C(C)C2CC(C(O)CC(=O)OC(C)(C)C)C1C2. The number of hydrogen-bond acceptors (Lipinski definition) is 14. The topological polar surface area (TPSA) is 215 Å². The fourth-order valence-corrected chi connectivity index (χ4v) is 20.7. The molecule has 15 nitrogen and oxygen atoms in total. The van der Waals surface area contributed by atoms with Gasteiger partial charge in [-0.15, -0.1) is 0 Å². The fourth-order valence-electron chi connectivity index (χ4n) is 20.7. The molecule has 26 unspecified atom stereocenters. The molecule has 11 fully saturated rings. The summed E-state index contributed by atoms with van der Waals surface area (Å²) in [7, 11) is 1.43. The van der Waals surface area contributed by atoms with Crippen molar-refractivity contribution in [1.82, 2.24) is 0 Å². The molecule has 1 heterocycles. The predicted molar refractivity (Wildman–Crippen MR) is 258 cm³/mol. The summed E-state index contributed by atoms with van der Waals surface area (Å²) in [5.41, 5.74) is -1.09. The average Bonchev–Trinajstić information content (AvgIpc) is 4.20. The summed E-state index contributed by atoms with van der Waals surface area (Å²) in [6.45, 7) is 15.9. The number of cyclic esters (lactones) is 2. The zero-order valence-electron chi connectivity index (χ0n) is 44.5. The molecule has 0 aromatic rings. The van der Waals surface area contributed by atoms with Gasteiger partial charge in [-0.2, -0.15) is 0 Å². The second kappa shape index (κ2) is 18.3. The average molecular weight is 1020 g/mol. The minimum absolute atomic E-state index is 0.0729. The Morgan fingerprint density at radius 3 is 1.89 bits per heavy atom. The molecule has 73 heavy (non-hydrogen) atoms. The van der Waals surface area contributed by atoms with Crippen molar-refractivity contribution >= 4 is 41.8 Å². The zero-order chi connectivity index (χ0) is 52.1.